The number of nitrogens with zero attached hydrogens (tertiary/aromatic N) is 2. The third-order valence-corrected chi connectivity index (χ3v) is 5.93. The fourth-order valence-electron chi connectivity index (χ4n) is 3.65. The van der Waals surface area contributed by atoms with Crippen molar-refractivity contribution in [2.45, 2.75) is 51.6 Å². The van der Waals surface area contributed by atoms with Gasteiger partial charge in [-0.15, -0.1) is 11.3 Å². The number of carbonyl (C=O) groups excluding carboxylic acids is 1. The van der Waals surface area contributed by atoms with Crippen LogP contribution >= 0.6 is 11.3 Å². The van der Waals surface area contributed by atoms with E-state index < -0.39 is 0 Å². The summed E-state index contributed by atoms with van der Waals surface area (Å²) in [6.45, 7) is 2.57. The fraction of sp³-hybridized carbons (Fsp3) is 0.500. The summed E-state index contributed by atoms with van der Waals surface area (Å²) >= 11 is 1.74. The minimum Gasteiger partial charge on any atom is -0.330 e. The van der Waals surface area contributed by atoms with Crippen LogP contribution in [0.15, 0.2) is 35.8 Å². The Morgan fingerprint density at radius 2 is 2.16 bits per heavy atom. The predicted molar refractivity (Wildman–Crippen MR) is 103 cm³/mol. The molecule has 25 heavy (non-hydrogen) atoms. The maximum Gasteiger partial charge on any atom is 0.317 e. The molecule has 1 N–H and O–H groups in total. The van der Waals surface area contributed by atoms with Crippen molar-refractivity contribution in [3.8, 4) is 0 Å². The van der Waals surface area contributed by atoms with E-state index in [4.69, 9.17) is 0 Å². The number of amides is 2. The number of pyridine rings is 1. The van der Waals surface area contributed by atoms with Crippen molar-refractivity contribution in [2.24, 2.45) is 5.92 Å². The van der Waals surface area contributed by atoms with Crippen molar-refractivity contribution < 1.29 is 4.79 Å². The van der Waals surface area contributed by atoms with Crippen molar-refractivity contribution in [3.05, 3.63) is 52.0 Å². The van der Waals surface area contributed by atoms with E-state index in [9.17, 15) is 4.79 Å². The highest BCUT2D eigenvalue weighted by Gasteiger charge is 2.28. The zero-order valence-corrected chi connectivity index (χ0v) is 15.9. The molecule has 0 aromatic carbocycles. The number of carbonyl (C=O) groups is 1. The summed E-state index contributed by atoms with van der Waals surface area (Å²) in [7, 11) is 1.86. The van der Waals surface area contributed by atoms with Crippen LogP contribution < -0.4 is 5.32 Å². The SMILES string of the molecule is Cc1cc(CN(C)C(=O)N[C@@H](c2cccs2)C2CCCCC2)ccn1. The molecule has 3 rings (SSSR count). The molecule has 0 aliphatic heterocycles. The van der Waals surface area contributed by atoms with Gasteiger partial charge >= 0.3 is 6.03 Å². The number of hydrogen-bond donors (Lipinski definition) is 1. The normalized spacial score (nSPS) is 16.4. The summed E-state index contributed by atoms with van der Waals surface area (Å²) in [5.74, 6) is 0.549. The molecular formula is C20H27N3OS. The second-order valence-corrected chi connectivity index (χ2v) is 7.98. The summed E-state index contributed by atoms with van der Waals surface area (Å²) in [5, 5.41) is 5.40. The molecule has 0 spiro atoms. The van der Waals surface area contributed by atoms with Crippen molar-refractivity contribution in [2.75, 3.05) is 7.05 Å². The average molecular weight is 358 g/mol. The third-order valence-electron chi connectivity index (χ3n) is 4.98. The Bertz CT molecular complexity index is 680. The smallest absolute Gasteiger partial charge is 0.317 e. The van der Waals surface area contributed by atoms with E-state index in [0.717, 1.165) is 11.3 Å². The van der Waals surface area contributed by atoms with Crippen LogP contribution in [0.5, 0.6) is 0 Å². The van der Waals surface area contributed by atoms with Gasteiger partial charge in [0.1, 0.15) is 0 Å². The minimum absolute atomic E-state index is 0.00145. The number of urea groups is 1. The average Bonchev–Trinajstić information content (AvgIpc) is 3.14. The zero-order valence-electron chi connectivity index (χ0n) is 15.1. The molecule has 2 amide bonds. The van der Waals surface area contributed by atoms with Crippen molar-refractivity contribution >= 4 is 17.4 Å². The van der Waals surface area contributed by atoms with Gasteiger partial charge in [-0.1, -0.05) is 25.3 Å². The van der Waals surface area contributed by atoms with Gasteiger partial charge in [0.2, 0.25) is 0 Å². The van der Waals surface area contributed by atoms with Crippen LogP contribution in [0.2, 0.25) is 0 Å². The standard InChI is InChI=1S/C20H27N3OS/c1-15-13-16(10-11-21-15)14-23(2)20(24)22-19(18-9-6-12-25-18)17-7-4-3-5-8-17/h6,9-13,17,19H,3-5,7-8,14H2,1-2H3,(H,22,24)/t19-/m1/s1. The van der Waals surface area contributed by atoms with Crippen molar-refractivity contribution in [3.63, 3.8) is 0 Å². The second-order valence-electron chi connectivity index (χ2n) is 7.00. The Kier molecular flexibility index (Phi) is 6.08. The van der Waals surface area contributed by atoms with E-state index in [1.165, 1.54) is 37.0 Å². The molecule has 1 saturated carbocycles. The van der Waals surface area contributed by atoms with Gasteiger partial charge < -0.3 is 10.2 Å². The van der Waals surface area contributed by atoms with Crippen LogP contribution in [0.25, 0.3) is 0 Å². The van der Waals surface area contributed by atoms with Crippen LogP contribution in [0.4, 0.5) is 4.79 Å². The quantitative estimate of drug-likeness (QED) is 0.826. The summed E-state index contributed by atoms with van der Waals surface area (Å²) in [4.78, 5) is 20.0. The Morgan fingerprint density at radius 1 is 1.36 bits per heavy atom. The first-order chi connectivity index (χ1) is 12.1. The number of hydrogen-bond acceptors (Lipinski definition) is 3. The molecule has 0 radical (unpaired) electrons. The predicted octanol–water partition coefficient (Wildman–Crippen LogP) is 4.91. The van der Waals surface area contributed by atoms with Crippen LogP contribution in [0, 0.1) is 12.8 Å². The molecule has 0 saturated heterocycles. The number of nitrogens with one attached hydrogen (secondary N) is 1. The summed E-state index contributed by atoms with van der Waals surface area (Å²) in [6.07, 6.45) is 8.07. The second kappa shape index (κ2) is 8.48. The molecular weight excluding hydrogens is 330 g/mol. The highest BCUT2D eigenvalue weighted by atomic mass is 32.1. The number of aromatic nitrogens is 1. The van der Waals surface area contributed by atoms with Gasteiger partial charge in [0.25, 0.3) is 0 Å². The number of thiophene rings is 1. The lowest BCUT2D eigenvalue weighted by atomic mass is 9.83. The molecule has 0 unspecified atom stereocenters. The lowest BCUT2D eigenvalue weighted by Crippen LogP contribution is -2.41. The van der Waals surface area contributed by atoms with Crippen LogP contribution in [-0.2, 0) is 6.54 Å². The molecule has 1 atom stereocenters. The molecule has 2 aromatic heterocycles. The molecule has 1 fully saturated rings. The van der Waals surface area contributed by atoms with E-state index in [0.29, 0.717) is 12.5 Å². The lowest BCUT2D eigenvalue weighted by Gasteiger charge is -2.32. The molecule has 1 aliphatic rings. The Labute approximate surface area is 154 Å². The van der Waals surface area contributed by atoms with Crippen LogP contribution in [0.3, 0.4) is 0 Å². The van der Waals surface area contributed by atoms with E-state index in [1.54, 1.807) is 22.4 Å². The monoisotopic (exact) mass is 357 g/mol. The van der Waals surface area contributed by atoms with Crippen LogP contribution in [-0.4, -0.2) is 23.0 Å². The highest BCUT2D eigenvalue weighted by Crippen LogP contribution is 2.36. The molecule has 134 valence electrons. The van der Waals surface area contributed by atoms with Gasteiger partial charge in [-0.25, -0.2) is 4.79 Å². The molecule has 0 bridgehead atoms. The fourth-order valence-corrected chi connectivity index (χ4v) is 4.52. The van der Waals surface area contributed by atoms with E-state index in [1.807, 2.05) is 26.1 Å². The van der Waals surface area contributed by atoms with E-state index in [-0.39, 0.29) is 12.1 Å². The Morgan fingerprint density at radius 3 is 2.84 bits per heavy atom. The highest BCUT2D eigenvalue weighted by molar-refractivity contribution is 7.10. The molecule has 5 heteroatoms. The van der Waals surface area contributed by atoms with E-state index in [2.05, 4.69) is 27.8 Å². The molecule has 2 heterocycles. The number of aryl methyl sites for hydroxylation is 1. The first-order valence-electron chi connectivity index (χ1n) is 9.10. The Balaban J connectivity index is 1.67. The summed E-state index contributed by atoms with van der Waals surface area (Å²) < 4.78 is 0. The van der Waals surface area contributed by atoms with Crippen molar-refractivity contribution in [1.29, 1.82) is 0 Å². The molecule has 1 aliphatic carbocycles. The summed E-state index contributed by atoms with van der Waals surface area (Å²) in [5.41, 5.74) is 2.08. The van der Waals surface area contributed by atoms with Gasteiger partial charge in [0.05, 0.1) is 6.04 Å². The van der Waals surface area contributed by atoms with Gasteiger partial charge in [-0.05, 0) is 54.8 Å². The van der Waals surface area contributed by atoms with Crippen molar-refractivity contribution in [1.82, 2.24) is 15.2 Å². The largest absolute Gasteiger partial charge is 0.330 e. The van der Waals surface area contributed by atoms with E-state index >= 15 is 0 Å². The maximum absolute atomic E-state index is 12.8. The topological polar surface area (TPSA) is 45.2 Å². The molecule has 2 aromatic rings. The number of rotatable bonds is 5. The van der Waals surface area contributed by atoms with Crippen LogP contribution in [0.1, 0.15) is 54.3 Å². The minimum atomic E-state index is -0.00145. The molecule has 4 nitrogen and oxygen atoms in total. The van der Waals surface area contributed by atoms with Gasteiger partial charge in [-0.3, -0.25) is 4.98 Å². The third kappa shape index (κ3) is 4.82. The first-order valence-corrected chi connectivity index (χ1v) is 9.98. The van der Waals surface area contributed by atoms with Gasteiger partial charge in [-0.2, -0.15) is 0 Å². The van der Waals surface area contributed by atoms with Gasteiger partial charge in [0.15, 0.2) is 0 Å². The zero-order chi connectivity index (χ0) is 17.6. The van der Waals surface area contributed by atoms with Gasteiger partial charge in [0, 0.05) is 30.4 Å². The Hall–Kier alpha value is -1.88. The first kappa shape index (κ1) is 17.9. The summed E-state index contributed by atoms with van der Waals surface area (Å²) in [6, 6.07) is 8.35. The maximum atomic E-state index is 12.8. The lowest BCUT2D eigenvalue weighted by molar-refractivity contribution is 0.191.